The van der Waals surface area contributed by atoms with E-state index in [-0.39, 0.29) is 11.6 Å². The van der Waals surface area contributed by atoms with Gasteiger partial charge in [0.2, 0.25) is 0 Å². The minimum atomic E-state index is -0.470. The Bertz CT molecular complexity index is 1240. The van der Waals surface area contributed by atoms with Gasteiger partial charge in [-0.05, 0) is 36.5 Å². The van der Waals surface area contributed by atoms with Crippen molar-refractivity contribution in [1.82, 2.24) is 9.80 Å². The number of amides is 1. The number of carbonyl (C=O) groups excluding carboxylic acids is 1. The number of piperazine rings is 1. The quantitative estimate of drug-likeness (QED) is 0.258. The number of halogens is 3. The average molecular weight is 530 g/mol. The number of thiocarbonyl (C=S) groups is 1. The molecule has 1 aliphatic heterocycles. The molecular weight excluding hydrogens is 515 g/mol. The molecule has 0 aliphatic carbocycles. The summed E-state index contributed by atoms with van der Waals surface area (Å²) in [6, 6.07) is 9.57. The molecule has 2 heterocycles. The van der Waals surface area contributed by atoms with E-state index in [1.807, 2.05) is 4.90 Å². The topological polar surface area (TPSA) is 78.7 Å². The van der Waals surface area contributed by atoms with E-state index >= 15 is 0 Å². The van der Waals surface area contributed by atoms with Crippen molar-refractivity contribution in [3.05, 3.63) is 66.5 Å². The van der Waals surface area contributed by atoms with Crippen molar-refractivity contribution >= 4 is 90.8 Å². The van der Waals surface area contributed by atoms with Crippen LogP contribution in [0.25, 0.3) is 10.1 Å². The molecule has 1 N–H and O–H groups in total. The fourth-order valence-electron chi connectivity index (χ4n) is 3.34. The molecule has 0 bridgehead atoms. The van der Waals surface area contributed by atoms with Gasteiger partial charge in [-0.2, -0.15) is 0 Å². The third-order valence-corrected chi connectivity index (χ3v) is 7.79. The lowest BCUT2D eigenvalue weighted by Gasteiger charge is -2.36. The van der Waals surface area contributed by atoms with Crippen LogP contribution in [0.5, 0.6) is 0 Å². The number of thiophene rings is 1. The van der Waals surface area contributed by atoms with Crippen LogP contribution in [-0.2, 0) is 0 Å². The lowest BCUT2D eigenvalue weighted by Crippen LogP contribution is -2.51. The van der Waals surface area contributed by atoms with E-state index in [0.717, 1.165) is 5.69 Å². The van der Waals surface area contributed by atoms with Gasteiger partial charge in [0, 0.05) is 54.1 Å². The zero-order chi connectivity index (χ0) is 23.0. The molecule has 0 unspecified atom stereocenters. The van der Waals surface area contributed by atoms with Gasteiger partial charge < -0.3 is 15.1 Å². The highest BCUT2D eigenvalue weighted by atomic mass is 35.5. The SMILES string of the molecule is O=C(c1sc2cc([N+](=O)[O-])ccc2c1Cl)N1CCN(C(=S)Nc2ccc(Cl)c(Cl)c2)CC1. The first-order chi connectivity index (χ1) is 15.2. The monoisotopic (exact) mass is 528 g/mol. The van der Waals surface area contributed by atoms with Crippen LogP contribution < -0.4 is 5.32 Å². The first-order valence-corrected chi connectivity index (χ1v) is 11.8. The minimum Gasteiger partial charge on any atom is -0.345 e. The van der Waals surface area contributed by atoms with Crippen molar-refractivity contribution < 1.29 is 9.72 Å². The zero-order valence-electron chi connectivity index (χ0n) is 16.3. The van der Waals surface area contributed by atoms with Crippen molar-refractivity contribution in [2.24, 2.45) is 0 Å². The summed E-state index contributed by atoms with van der Waals surface area (Å²) in [6.45, 7) is 2.03. The number of fused-ring (bicyclic) bond motifs is 1. The van der Waals surface area contributed by atoms with Crippen molar-refractivity contribution in [2.45, 2.75) is 0 Å². The highest BCUT2D eigenvalue weighted by Gasteiger charge is 2.27. The standard InChI is InChI=1S/C20H15Cl3N4O3S2/c21-14-4-1-11(9-15(14)22)24-20(31)26-7-5-25(6-8-26)19(28)18-17(23)13-3-2-12(27(29)30)10-16(13)32-18/h1-4,9-10H,5-8H2,(H,24,31). The molecule has 1 aliphatic rings. The molecule has 32 heavy (non-hydrogen) atoms. The van der Waals surface area contributed by atoms with Crippen LogP contribution in [0.2, 0.25) is 15.1 Å². The summed E-state index contributed by atoms with van der Waals surface area (Å²) in [7, 11) is 0. The summed E-state index contributed by atoms with van der Waals surface area (Å²) in [6.07, 6.45) is 0. The van der Waals surface area contributed by atoms with E-state index < -0.39 is 4.92 Å². The number of hydrogen-bond acceptors (Lipinski definition) is 5. The van der Waals surface area contributed by atoms with Gasteiger partial charge in [-0.3, -0.25) is 14.9 Å². The molecule has 1 saturated heterocycles. The molecule has 0 radical (unpaired) electrons. The molecule has 0 atom stereocenters. The van der Waals surface area contributed by atoms with Gasteiger partial charge in [-0.25, -0.2) is 0 Å². The van der Waals surface area contributed by atoms with Crippen LogP contribution in [-0.4, -0.2) is 51.9 Å². The summed E-state index contributed by atoms with van der Waals surface area (Å²) < 4.78 is 0.609. The molecule has 2 aromatic carbocycles. The molecule has 3 aromatic rings. The highest BCUT2D eigenvalue weighted by Crippen LogP contribution is 2.38. The Morgan fingerprint density at radius 1 is 1.03 bits per heavy atom. The van der Waals surface area contributed by atoms with E-state index in [4.69, 9.17) is 47.0 Å². The molecule has 1 amide bonds. The Kier molecular flexibility index (Phi) is 6.73. The van der Waals surface area contributed by atoms with Crippen LogP contribution >= 0.6 is 58.4 Å². The summed E-state index contributed by atoms with van der Waals surface area (Å²) in [5.41, 5.74) is 0.695. The van der Waals surface area contributed by atoms with Gasteiger partial charge in [0.25, 0.3) is 11.6 Å². The maximum Gasteiger partial charge on any atom is 0.270 e. The van der Waals surface area contributed by atoms with Gasteiger partial charge in [-0.1, -0.05) is 34.8 Å². The minimum absolute atomic E-state index is 0.0361. The molecule has 0 spiro atoms. The van der Waals surface area contributed by atoms with Gasteiger partial charge in [0.05, 0.1) is 20.0 Å². The van der Waals surface area contributed by atoms with Gasteiger partial charge in [0.1, 0.15) is 4.88 Å². The first kappa shape index (κ1) is 23.0. The molecular formula is C20H15Cl3N4O3S2. The smallest absolute Gasteiger partial charge is 0.270 e. The molecule has 166 valence electrons. The molecule has 4 rings (SSSR count). The second kappa shape index (κ2) is 9.36. The number of non-ortho nitro benzene ring substituents is 1. The first-order valence-electron chi connectivity index (χ1n) is 9.41. The van der Waals surface area contributed by atoms with Crippen LogP contribution in [0, 0.1) is 10.1 Å². The van der Waals surface area contributed by atoms with Crippen LogP contribution in [0.4, 0.5) is 11.4 Å². The Labute approximate surface area is 207 Å². The lowest BCUT2D eigenvalue weighted by molar-refractivity contribution is -0.384. The van der Waals surface area contributed by atoms with Crippen molar-refractivity contribution in [2.75, 3.05) is 31.5 Å². The van der Waals surface area contributed by atoms with Gasteiger partial charge in [0.15, 0.2) is 5.11 Å². The highest BCUT2D eigenvalue weighted by molar-refractivity contribution is 7.80. The van der Waals surface area contributed by atoms with Crippen LogP contribution in [0.3, 0.4) is 0 Å². The Hall–Kier alpha value is -2.17. The molecule has 7 nitrogen and oxygen atoms in total. The fourth-order valence-corrected chi connectivity index (χ4v) is 5.45. The number of anilines is 1. The number of nitro groups is 1. The average Bonchev–Trinajstić information content (AvgIpc) is 3.11. The van der Waals surface area contributed by atoms with E-state index in [1.165, 1.54) is 23.5 Å². The number of nitrogens with zero attached hydrogens (tertiary/aromatic N) is 3. The number of nitrogens with one attached hydrogen (secondary N) is 1. The second-order valence-corrected chi connectivity index (χ2v) is 9.65. The third kappa shape index (κ3) is 4.62. The van der Waals surface area contributed by atoms with E-state index in [0.29, 0.717) is 61.3 Å². The predicted molar refractivity (Wildman–Crippen MR) is 134 cm³/mol. The number of nitro benzene ring substituents is 1. The number of hydrogen-bond donors (Lipinski definition) is 1. The van der Waals surface area contributed by atoms with Gasteiger partial charge in [-0.15, -0.1) is 11.3 Å². The normalized spacial score (nSPS) is 14.0. The Morgan fingerprint density at radius 2 is 1.72 bits per heavy atom. The second-order valence-electron chi connectivity index (χ2n) is 7.02. The Balaban J connectivity index is 1.42. The van der Waals surface area contributed by atoms with Crippen LogP contribution in [0.1, 0.15) is 9.67 Å². The predicted octanol–water partition coefficient (Wildman–Crippen LogP) is 5.92. The van der Waals surface area contributed by atoms with Crippen molar-refractivity contribution in [1.29, 1.82) is 0 Å². The van der Waals surface area contributed by atoms with E-state index in [9.17, 15) is 14.9 Å². The largest absolute Gasteiger partial charge is 0.345 e. The third-order valence-electron chi connectivity index (χ3n) is 5.04. The number of rotatable bonds is 3. The van der Waals surface area contributed by atoms with Crippen LogP contribution in [0.15, 0.2) is 36.4 Å². The number of carbonyl (C=O) groups is 1. The molecule has 1 aromatic heterocycles. The Morgan fingerprint density at radius 3 is 2.38 bits per heavy atom. The van der Waals surface area contributed by atoms with Crippen molar-refractivity contribution in [3.8, 4) is 0 Å². The van der Waals surface area contributed by atoms with E-state index in [1.54, 1.807) is 29.2 Å². The number of benzene rings is 2. The lowest BCUT2D eigenvalue weighted by atomic mass is 10.2. The van der Waals surface area contributed by atoms with E-state index in [2.05, 4.69) is 5.32 Å². The molecule has 12 heteroatoms. The summed E-state index contributed by atoms with van der Waals surface area (Å²) in [5, 5.41) is 16.5. The zero-order valence-corrected chi connectivity index (χ0v) is 20.2. The molecule has 1 fully saturated rings. The van der Waals surface area contributed by atoms with Gasteiger partial charge >= 0.3 is 0 Å². The maximum atomic E-state index is 13.1. The summed E-state index contributed by atoms with van der Waals surface area (Å²) in [4.78, 5) is 27.7. The maximum absolute atomic E-state index is 13.1. The summed E-state index contributed by atoms with van der Waals surface area (Å²) in [5.74, 6) is -0.193. The fraction of sp³-hybridized carbons (Fsp3) is 0.200. The van der Waals surface area contributed by atoms with Crippen molar-refractivity contribution in [3.63, 3.8) is 0 Å². The summed E-state index contributed by atoms with van der Waals surface area (Å²) >= 11 is 25.1. The molecule has 0 saturated carbocycles.